The fraction of sp³-hybridized carbons (Fsp3) is 0.370. The normalized spacial score (nSPS) is 15.4. The summed E-state index contributed by atoms with van der Waals surface area (Å²) in [4.78, 5) is 17.9. The second-order valence-corrected chi connectivity index (χ2v) is 9.76. The fourth-order valence-corrected chi connectivity index (χ4v) is 4.94. The van der Waals surface area contributed by atoms with Gasteiger partial charge >= 0.3 is 0 Å². The first-order chi connectivity index (χ1) is 16.5. The molecule has 0 atom stereocenters. The minimum Gasteiger partial charge on any atom is -0.508 e. The van der Waals surface area contributed by atoms with Crippen LogP contribution in [0.2, 0.25) is 10.0 Å². The molecule has 180 valence electrons. The van der Waals surface area contributed by atoms with Crippen LogP contribution >= 0.6 is 23.2 Å². The molecule has 0 spiro atoms. The van der Waals surface area contributed by atoms with E-state index in [4.69, 9.17) is 23.2 Å². The lowest BCUT2D eigenvalue weighted by Crippen LogP contribution is -2.33. The molecule has 0 bridgehead atoms. The lowest BCUT2D eigenvalue weighted by Gasteiger charge is -2.32. The number of halogens is 2. The van der Waals surface area contributed by atoms with Gasteiger partial charge < -0.3 is 20.3 Å². The third kappa shape index (κ3) is 6.56. The summed E-state index contributed by atoms with van der Waals surface area (Å²) in [6.07, 6.45) is 10.9. The minimum atomic E-state index is -0.0984. The quantitative estimate of drug-likeness (QED) is 0.237. The van der Waals surface area contributed by atoms with E-state index >= 15 is 0 Å². The van der Waals surface area contributed by atoms with E-state index < -0.39 is 0 Å². The van der Waals surface area contributed by atoms with Gasteiger partial charge in [0.05, 0.1) is 10.0 Å². The van der Waals surface area contributed by atoms with Gasteiger partial charge in [-0.25, -0.2) is 0 Å². The highest BCUT2D eigenvalue weighted by Gasteiger charge is 2.22. The van der Waals surface area contributed by atoms with Gasteiger partial charge in [0.1, 0.15) is 5.75 Å². The first kappa shape index (κ1) is 24.6. The predicted octanol–water partition coefficient (Wildman–Crippen LogP) is 6.36. The van der Waals surface area contributed by atoms with Crippen molar-refractivity contribution in [3.05, 3.63) is 69.8 Å². The molecule has 0 radical (unpaired) electrons. The average molecular weight is 500 g/mol. The number of unbranched alkanes of at least 4 members (excludes halogenated alkanes) is 2. The molecule has 0 aliphatic carbocycles. The highest BCUT2D eigenvalue weighted by atomic mass is 35.5. The number of amides is 1. The van der Waals surface area contributed by atoms with Crippen LogP contribution in [0.1, 0.15) is 49.1 Å². The average Bonchev–Trinajstić information content (AvgIpc) is 3.25. The van der Waals surface area contributed by atoms with Crippen LogP contribution in [0.15, 0.2) is 48.7 Å². The van der Waals surface area contributed by atoms with Crippen LogP contribution in [0.4, 0.5) is 0 Å². The third-order valence-electron chi connectivity index (χ3n) is 6.55. The van der Waals surface area contributed by atoms with Crippen LogP contribution in [0.3, 0.4) is 0 Å². The number of hydrogen-bond acceptors (Lipinski definition) is 3. The molecule has 2 aromatic carbocycles. The molecule has 0 saturated carbocycles. The zero-order valence-corrected chi connectivity index (χ0v) is 20.7. The number of fused-ring (bicyclic) bond motifs is 1. The van der Waals surface area contributed by atoms with Crippen LogP contribution in [-0.4, -0.2) is 47.1 Å². The van der Waals surface area contributed by atoms with Crippen molar-refractivity contribution in [2.75, 3.05) is 26.2 Å². The smallest absolute Gasteiger partial charge is 0.243 e. The molecule has 1 fully saturated rings. The molecule has 2 heterocycles. The summed E-state index contributed by atoms with van der Waals surface area (Å²) in [6, 6.07) is 10.8. The highest BCUT2D eigenvalue weighted by molar-refractivity contribution is 6.42. The summed E-state index contributed by atoms with van der Waals surface area (Å²) in [5.74, 6) is 0.766. The topological polar surface area (TPSA) is 68.4 Å². The Morgan fingerprint density at radius 1 is 1.09 bits per heavy atom. The first-order valence-electron chi connectivity index (χ1n) is 11.9. The molecule has 7 heteroatoms. The Labute approximate surface area is 210 Å². The number of likely N-dealkylation sites (tertiary alicyclic amines) is 1. The lowest BCUT2D eigenvalue weighted by molar-refractivity contribution is -0.116. The summed E-state index contributed by atoms with van der Waals surface area (Å²) in [7, 11) is 0. The number of phenols is 1. The van der Waals surface area contributed by atoms with Crippen LogP contribution in [0, 0.1) is 0 Å². The maximum atomic E-state index is 12.0. The molecule has 4 rings (SSSR count). The fourth-order valence-electron chi connectivity index (χ4n) is 4.63. The van der Waals surface area contributed by atoms with Crippen molar-refractivity contribution in [3.63, 3.8) is 0 Å². The van der Waals surface area contributed by atoms with Crippen LogP contribution in [0.5, 0.6) is 5.75 Å². The minimum absolute atomic E-state index is 0.0984. The molecule has 1 saturated heterocycles. The third-order valence-corrected chi connectivity index (χ3v) is 7.28. The Hall–Kier alpha value is -2.47. The molecule has 3 N–H and O–H groups in total. The van der Waals surface area contributed by atoms with Gasteiger partial charge in [0.2, 0.25) is 5.91 Å². The Kier molecular flexibility index (Phi) is 8.54. The van der Waals surface area contributed by atoms with Crippen LogP contribution < -0.4 is 5.32 Å². The van der Waals surface area contributed by atoms with Crippen molar-refractivity contribution in [2.24, 2.45) is 0 Å². The maximum Gasteiger partial charge on any atom is 0.243 e. The Bertz CT molecular complexity index is 1150. The molecule has 1 aliphatic rings. The van der Waals surface area contributed by atoms with Gasteiger partial charge in [0.25, 0.3) is 0 Å². The van der Waals surface area contributed by atoms with E-state index in [-0.39, 0.29) is 5.91 Å². The highest BCUT2D eigenvalue weighted by Crippen LogP contribution is 2.34. The van der Waals surface area contributed by atoms with Crippen molar-refractivity contribution in [3.8, 4) is 5.75 Å². The maximum absolute atomic E-state index is 12.0. The molecule has 1 aromatic heterocycles. The largest absolute Gasteiger partial charge is 0.508 e. The monoisotopic (exact) mass is 499 g/mol. The number of H-pyrrole nitrogens is 1. The second kappa shape index (κ2) is 11.8. The number of carbonyl (C=O) groups excluding carboxylic acids is 1. The second-order valence-electron chi connectivity index (χ2n) is 8.95. The predicted molar refractivity (Wildman–Crippen MR) is 141 cm³/mol. The summed E-state index contributed by atoms with van der Waals surface area (Å²) < 4.78 is 0. The van der Waals surface area contributed by atoms with Gasteiger partial charge in [0.15, 0.2) is 0 Å². The van der Waals surface area contributed by atoms with Crippen molar-refractivity contribution < 1.29 is 9.90 Å². The SMILES string of the molecule is O=C(C=Cc1ccc(Cl)c(Cl)c1)NCCCCCN1CCC(c2c[nH]c3ccc(O)cc23)CC1. The van der Waals surface area contributed by atoms with Gasteiger partial charge in [-0.15, -0.1) is 0 Å². The number of benzene rings is 2. The van der Waals surface area contributed by atoms with Gasteiger partial charge in [-0.1, -0.05) is 35.7 Å². The van der Waals surface area contributed by atoms with E-state index in [0.29, 0.717) is 28.3 Å². The molecule has 1 amide bonds. The molecule has 5 nitrogen and oxygen atoms in total. The van der Waals surface area contributed by atoms with Crippen molar-refractivity contribution in [1.82, 2.24) is 15.2 Å². The van der Waals surface area contributed by atoms with Crippen LogP contribution in [-0.2, 0) is 4.79 Å². The Morgan fingerprint density at radius 2 is 1.91 bits per heavy atom. The van der Waals surface area contributed by atoms with Gasteiger partial charge in [-0.2, -0.15) is 0 Å². The molecule has 0 unspecified atom stereocenters. The number of aromatic hydroxyl groups is 1. The van der Waals surface area contributed by atoms with Gasteiger partial charge in [0, 0.05) is 29.7 Å². The first-order valence-corrected chi connectivity index (χ1v) is 12.7. The zero-order chi connectivity index (χ0) is 23.9. The van der Waals surface area contributed by atoms with Crippen LogP contribution in [0.25, 0.3) is 17.0 Å². The molecule has 3 aromatic rings. The van der Waals surface area contributed by atoms with Crippen molar-refractivity contribution in [1.29, 1.82) is 0 Å². The Morgan fingerprint density at radius 3 is 2.71 bits per heavy atom. The molecule has 1 aliphatic heterocycles. The molecule has 34 heavy (non-hydrogen) atoms. The number of phenolic OH excluding ortho intramolecular Hbond substituents is 1. The number of nitrogens with zero attached hydrogens (tertiary/aromatic N) is 1. The van der Waals surface area contributed by atoms with Gasteiger partial charge in [-0.05, 0) is 98.8 Å². The standard InChI is InChI=1S/C27H31Cl2N3O2/c28-24-7-4-19(16-25(24)29)5-9-27(34)30-12-2-1-3-13-32-14-10-20(11-15-32)23-18-31-26-8-6-21(33)17-22(23)26/h4-9,16-18,20,31,33H,1-3,10-15H2,(H,30,34). The van der Waals surface area contributed by atoms with E-state index in [1.807, 2.05) is 18.2 Å². The number of nitrogens with one attached hydrogen (secondary N) is 2. The van der Waals surface area contributed by atoms with E-state index in [9.17, 15) is 9.90 Å². The number of carbonyl (C=O) groups is 1. The summed E-state index contributed by atoms with van der Waals surface area (Å²) in [5.41, 5.74) is 3.26. The van der Waals surface area contributed by atoms with E-state index in [1.54, 1.807) is 24.3 Å². The summed E-state index contributed by atoms with van der Waals surface area (Å²) in [5, 5.41) is 14.9. The number of piperidine rings is 1. The van der Waals surface area contributed by atoms with Crippen molar-refractivity contribution in [2.45, 2.75) is 38.0 Å². The number of aromatic nitrogens is 1. The van der Waals surface area contributed by atoms with E-state index in [1.165, 1.54) is 11.6 Å². The summed E-state index contributed by atoms with van der Waals surface area (Å²) in [6.45, 7) is 3.99. The Balaban J connectivity index is 1.10. The van der Waals surface area contributed by atoms with E-state index in [2.05, 4.69) is 21.4 Å². The lowest BCUT2D eigenvalue weighted by atomic mass is 9.89. The van der Waals surface area contributed by atoms with E-state index in [0.717, 1.165) is 68.2 Å². The number of hydrogen-bond donors (Lipinski definition) is 3. The van der Waals surface area contributed by atoms with Gasteiger partial charge in [-0.3, -0.25) is 4.79 Å². The zero-order valence-electron chi connectivity index (χ0n) is 19.2. The van der Waals surface area contributed by atoms with Crippen molar-refractivity contribution >= 4 is 46.1 Å². The molecular formula is C27H31Cl2N3O2. The number of aromatic amines is 1. The molecular weight excluding hydrogens is 469 g/mol. The number of rotatable bonds is 9. The summed E-state index contributed by atoms with van der Waals surface area (Å²) >= 11 is 11.9.